The Kier molecular flexibility index (Phi) is 27.4. The minimum absolute atomic E-state index is 0. The topological polar surface area (TPSA) is 313 Å². The second-order valence-electron chi connectivity index (χ2n) is 22.1. The summed E-state index contributed by atoms with van der Waals surface area (Å²) in [6.45, 7) is 10.0. The molecule has 94 heavy (non-hydrogen) atoms. The predicted molar refractivity (Wildman–Crippen MR) is 353 cm³/mol. The highest BCUT2D eigenvalue weighted by atomic mass is 35.5. The van der Waals surface area contributed by atoms with Crippen LogP contribution >= 0.6 is 34.8 Å². The van der Waals surface area contributed by atoms with Crippen LogP contribution in [0.3, 0.4) is 0 Å². The van der Waals surface area contributed by atoms with Crippen LogP contribution in [0.2, 0.25) is 10.0 Å². The fourth-order valence-corrected chi connectivity index (χ4v) is 9.06. The summed E-state index contributed by atoms with van der Waals surface area (Å²) in [5.41, 5.74) is 8.28. The van der Waals surface area contributed by atoms with Gasteiger partial charge in [-0.3, -0.25) is 19.2 Å². The predicted octanol–water partition coefficient (Wildman–Crippen LogP) is 12.0. The molecule has 0 aliphatic rings. The van der Waals surface area contributed by atoms with Crippen LogP contribution in [0.5, 0.6) is 23.0 Å². The molecular weight excluding hydrogens is 1290 g/mol. The van der Waals surface area contributed by atoms with E-state index < -0.39 is 70.7 Å². The molecule has 8 aromatic rings. The van der Waals surface area contributed by atoms with Gasteiger partial charge in [0.1, 0.15) is 59.4 Å². The second-order valence-corrected chi connectivity index (χ2v) is 23.1. The summed E-state index contributed by atoms with van der Waals surface area (Å²) in [4.78, 5) is 89.1. The van der Waals surface area contributed by atoms with Crippen LogP contribution in [0.4, 0.5) is 36.5 Å². The first-order valence-electron chi connectivity index (χ1n) is 28.1. The largest absolute Gasteiger partial charge is 0.504 e. The van der Waals surface area contributed by atoms with E-state index >= 15 is 0 Å². The van der Waals surface area contributed by atoms with Crippen LogP contribution in [0.15, 0.2) is 122 Å². The Bertz CT molecular complexity index is 3970. The standard InChI is InChI=1S/C27H25ClFN5O5.C21H20ClFN2O4.C17H23ClN2O5.CH4/c1-37-22-12-21-17(26(32-14-31-21)34-20-5-3-4-18(28)25(20)29)11-23(22)39-13-24(35)33-16-8-6-15(7-9-16)10-19(30)27(36)38-2;1-21(2,3)29-20(27)17(11-6-5-7-13(22)18(11)23)19-12-8-15(26)16(28-4)9-14(12)24-10-25-19;1-17(2,3)25-16(23)20-13(15(22)24-4)9-11-5-7-12(8-6-11)19-14(21)10-18;/h3-9,11-12,14,19H,10,13,30H2,1-2H3,(H,33,35)(H,31,32,34);5-10,17,26H,1-4H3;5-8,13H,9-10H2,1-4H3,(H,19,21)(H,20,23);1H4/t19-;;13-;/m0.0./s1. The van der Waals surface area contributed by atoms with Crippen LogP contribution in [-0.2, 0) is 55.8 Å². The molecule has 2 aromatic heterocycles. The summed E-state index contributed by atoms with van der Waals surface area (Å²) >= 11 is 17.3. The SMILES string of the molecule is C.COC(=O)[C@@H](N)Cc1ccc(NC(=O)COc2cc3c(Nc4cccc(Cl)c4F)ncnc3cc2OC)cc1.COC(=O)[C@H](Cc1ccc(NC(=O)CCl)cc1)NC(=O)OC(C)(C)C.COc1cc2ncnc(C(C(=O)OC(C)(C)C)c3cccc(Cl)c3F)c2cc1O. The Morgan fingerprint density at radius 2 is 1.16 bits per heavy atom. The molecule has 7 N–H and O–H groups in total. The average molecular weight is 1360 g/mol. The zero-order valence-corrected chi connectivity index (χ0v) is 54.4. The number of hydrogen-bond donors (Lipinski definition) is 6. The number of aromatic nitrogens is 4. The minimum atomic E-state index is -1.22. The van der Waals surface area contributed by atoms with Crippen LogP contribution < -0.4 is 41.2 Å². The van der Waals surface area contributed by atoms with Crippen LogP contribution in [0, 0.1) is 11.6 Å². The number of anilines is 4. The maximum Gasteiger partial charge on any atom is 0.408 e. The molecule has 6 aromatic carbocycles. The van der Waals surface area contributed by atoms with Crippen molar-refractivity contribution in [3.05, 3.63) is 166 Å². The van der Waals surface area contributed by atoms with Gasteiger partial charge in [-0.1, -0.05) is 73.1 Å². The molecule has 3 atom stereocenters. The molecule has 500 valence electrons. The molecule has 0 bridgehead atoms. The summed E-state index contributed by atoms with van der Waals surface area (Å²) in [6, 6.07) is 27.1. The normalized spacial score (nSPS) is 11.9. The third-order valence-corrected chi connectivity index (χ3v) is 13.7. The van der Waals surface area contributed by atoms with Crippen molar-refractivity contribution in [2.24, 2.45) is 5.73 Å². The lowest BCUT2D eigenvalue weighted by atomic mass is 9.92. The van der Waals surface area contributed by atoms with Crippen LogP contribution in [0.25, 0.3) is 21.8 Å². The number of benzene rings is 6. The zero-order chi connectivity index (χ0) is 68.3. The lowest BCUT2D eigenvalue weighted by molar-refractivity contribution is -0.155. The molecule has 0 saturated carbocycles. The maximum atomic E-state index is 14.9. The van der Waals surface area contributed by atoms with Gasteiger partial charge in [0.05, 0.1) is 60.9 Å². The van der Waals surface area contributed by atoms with E-state index in [0.717, 1.165) is 11.1 Å². The number of alkyl halides is 1. The number of alkyl carbamates (subject to hydrolysis) is 1. The van der Waals surface area contributed by atoms with Gasteiger partial charge in [-0.2, -0.15) is 0 Å². The number of fused-ring (bicyclic) bond motifs is 2. The molecule has 0 saturated heterocycles. The highest BCUT2D eigenvalue weighted by molar-refractivity contribution is 6.31. The minimum Gasteiger partial charge on any atom is -0.504 e. The zero-order valence-electron chi connectivity index (χ0n) is 52.1. The number of methoxy groups -OCH3 is 4. The number of carbonyl (C=O) groups is 6. The number of phenolic OH excluding ortho intramolecular Hbond substituents is 1. The van der Waals surface area contributed by atoms with Gasteiger partial charge in [-0.15, -0.1) is 11.6 Å². The first-order chi connectivity index (χ1) is 44.0. The molecular formula is C66H72Cl3F2N9O14. The number of aromatic hydroxyl groups is 1. The molecule has 23 nitrogen and oxygen atoms in total. The van der Waals surface area contributed by atoms with Crippen molar-refractivity contribution in [1.82, 2.24) is 25.3 Å². The van der Waals surface area contributed by atoms with Gasteiger partial charge in [-0.05, 0) is 114 Å². The molecule has 0 spiro atoms. The van der Waals surface area contributed by atoms with E-state index in [2.05, 4.69) is 45.9 Å². The van der Waals surface area contributed by atoms with Gasteiger partial charge in [0.25, 0.3) is 5.91 Å². The Hall–Kier alpha value is -9.69. The fourth-order valence-electron chi connectivity index (χ4n) is 8.63. The van der Waals surface area contributed by atoms with Crippen molar-refractivity contribution in [2.45, 2.75) is 91.0 Å². The number of amides is 3. The van der Waals surface area contributed by atoms with Crippen molar-refractivity contribution in [3.8, 4) is 23.0 Å². The number of nitrogens with one attached hydrogen (secondary N) is 4. The van der Waals surface area contributed by atoms with Crippen LogP contribution in [0.1, 0.15) is 77.3 Å². The molecule has 0 radical (unpaired) electrons. The Labute approximate surface area is 556 Å². The van der Waals surface area contributed by atoms with Crippen molar-refractivity contribution in [3.63, 3.8) is 0 Å². The number of ether oxygens (including phenoxy) is 7. The lowest BCUT2D eigenvalue weighted by Crippen LogP contribution is -2.45. The van der Waals surface area contributed by atoms with Crippen molar-refractivity contribution in [1.29, 1.82) is 0 Å². The third kappa shape index (κ3) is 21.4. The van der Waals surface area contributed by atoms with Gasteiger partial charge in [0.2, 0.25) is 5.91 Å². The quantitative estimate of drug-likeness (QED) is 0.0235. The molecule has 28 heteroatoms. The van der Waals surface area contributed by atoms with E-state index in [1.165, 1.54) is 77.5 Å². The van der Waals surface area contributed by atoms with Gasteiger partial charge in [0, 0.05) is 46.3 Å². The molecule has 3 amide bonds. The number of nitrogens with two attached hydrogens (primary N) is 1. The number of rotatable bonds is 20. The Morgan fingerprint density at radius 1 is 0.617 bits per heavy atom. The highest BCUT2D eigenvalue weighted by Gasteiger charge is 2.34. The first kappa shape index (κ1) is 75.0. The van der Waals surface area contributed by atoms with E-state index in [9.17, 15) is 42.7 Å². The van der Waals surface area contributed by atoms with E-state index in [1.807, 2.05) is 0 Å². The molecule has 8 rings (SSSR count). The smallest absolute Gasteiger partial charge is 0.408 e. The molecule has 0 aliphatic heterocycles. The lowest BCUT2D eigenvalue weighted by Gasteiger charge is -2.25. The molecule has 0 fully saturated rings. The third-order valence-electron chi connectivity index (χ3n) is 12.8. The Morgan fingerprint density at radius 3 is 1.73 bits per heavy atom. The average Bonchev–Trinajstić information content (AvgIpc) is 0.780. The summed E-state index contributed by atoms with van der Waals surface area (Å²) in [5.74, 6) is -4.25. The fraction of sp³-hybridized carbons (Fsp3) is 0.303. The number of carbonyl (C=O) groups excluding carboxylic acids is 6. The number of phenols is 1. The summed E-state index contributed by atoms with van der Waals surface area (Å²) < 4.78 is 65.6. The first-order valence-corrected chi connectivity index (χ1v) is 29.4. The summed E-state index contributed by atoms with van der Waals surface area (Å²) in [7, 11) is 5.40. The highest BCUT2D eigenvalue weighted by Crippen LogP contribution is 2.39. The van der Waals surface area contributed by atoms with Gasteiger partial charge in [-0.25, -0.2) is 38.3 Å². The number of halogens is 5. The molecule has 0 aliphatic carbocycles. The van der Waals surface area contributed by atoms with Gasteiger partial charge < -0.3 is 65.3 Å². The van der Waals surface area contributed by atoms with Gasteiger partial charge >= 0.3 is 24.0 Å². The van der Waals surface area contributed by atoms with E-state index in [1.54, 1.807) is 114 Å². The summed E-state index contributed by atoms with van der Waals surface area (Å²) in [5, 5.41) is 21.7. The van der Waals surface area contributed by atoms with Crippen molar-refractivity contribution in [2.75, 3.05) is 56.9 Å². The monoisotopic (exact) mass is 1360 g/mol. The van der Waals surface area contributed by atoms with Gasteiger partial charge in [0.15, 0.2) is 35.4 Å². The van der Waals surface area contributed by atoms with E-state index in [0.29, 0.717) is 51.2 Å². The van der Waals surface area contributed by atoms with Crippen molar-refractivity contribution < 1.29 is 75.8 Å². The number of nitrogens with zero attached hydrogens (tertiary/aromatic N) is 4. The van der Waals surface area contributed by atoms with Crippen molar-refractivity contribution >= 4 is 115 Å². The second kappa shape index (κ2) is 34.3. The maximum absolute atomic E-state index is 14.9. The molecule has 2 heterocycles. The Balaban J connectivity index is 0.000000262. The summed E-state index contributed by atoms with van der Waals surface area (Å²) in [6.07, 6.45) is 2.41. The van der Waals surface area contributed by atoms with E-state index in [-0.39, 0.29) is 76.5 Å². The van der Waals surface area contributed by atoms with E-state index in [4.69, 9.17) is 69.0 Å². The molecule has 1 unspecified atom stereocenters. The number of esters is 3. The van der Waals surface area contributed by atoms with Crippen LogP contribution in [-0.4, -0.2) is 125 Å². The number of hydrogen-bond acceptors (Lipinski definition) is 20.